The van der Waals surface area contributed by atoms with Crippen molar-refractivity contribution in [3.63, 3.8) is 0 Å². The average Bonchev–Trinajstić information content (AvgIpc) is 2.65. The minimum atomic E-state index is 0.0762. The summed E-state index contributed by atoms with van der Waals surface area (Å²) >= 11 is 5.53. The van der Waals surface area contributed by atoms with E-state index in [1.807, 2.05) is 12.3 Å². The highest BCUT2D eigenvalue weighted by atomic mass is 32.1. The molecular formula is C19H26N4S. The number of fused-ring (bicyclic) bond motifs is 1. The Kier molecular flexibility index (Phi) is 5.63. The van der Waals surface area contributed by atoms with Gasteiger partial charge in [-0.1, -0.05) is 43.5 Å². The molecule has 1 aliphatic carbocycles. The number of nitrogens with zero attached hydrogens (tertiary/aromatic N) is 2. The van der Waals surface area contributed by atoms with Gasteiger partial charge in [0.25, 0.3) is 0 Å². The Bertz CT molecular complexity index is 697. The molecular weight excluding hydrogens is 316 g/mol. The van der Waals surface area contributed by atoms with E-state index >= 15 is 0 Å². The summed E-state index contributed by atoms with van der Waals surface area (Å²) in [5, 5.41) is 3.13. The van der Waals surface area contributed by atoms with Crippen molar-refractivity contribution in [2.75, 3.05) is 7.05 Å². The molecule has 0 radical (unpaired) electrons. The molecule has 1 saturated carbocycles. The molecule has 0 spiro atoms. The first-order valence-corrected chi connectivity index (χ1v) is 9.19. The van der Waals surface area contributed by atoms with Crippen LogP contribution in [0.5, 0.6) is 0 Å². The van der Waals surface area contributed by atoms with Crippen LogP contribution in [0.4, 0.5) is 0 Å². The lowest BCUT2D eigenvalue weighted by Crippen LogP contribution is -2.49. The minimum absolute atomic E-state index is 0.0762. The lowest BCUT2D eigenvalue weighted by molar-refractivity contribution is 0.272. The molecule has 1 heterocycles. The van der Waals surface area contributed by atoms with Crippen molar-refractivity contribution in [2.24, 2.45) is 0 Å². The van der Waals surface area contributed by atoms with Gasteiger partial charge in [0.05, 0.1) is 11.7 Å². The molecule has 0 aliphatic heterocycles. The van der Waals surface area contributed by atoms with Crippen LogP contribution in [0.1, 0.15) is 50.8 Å². The van der Waals surface area contributed by atoms with Gasteiger partial charge < -0.3 is 4.90 Å². The van der Waals surface area contributed by atoms with E-state index in [4.69, 9.17) is 12.2 Å². The van der Waals surface area contributed by atoms with E-state index in [-0.39, 0.29) is 6.04 Å². The molecule has 1 atom stereocenters. The maximum Gasteiger partial charge on any atom is 0.183 e. The van der Waals surface area contributed by atoms with Crippen molar-refractivity contribution in [1.82, 2.24) is 20.7 Å². The van der Waals surface area contributed by atoms with E-state index < -0.39 is 0 Å². The summed E-state index contributed by atoms with van der Waals surface area (Å²) in [6.45, 7) is 2.09. The van der Waals surface area contributed by atoms with Crippen LogP contribution in [0.25, 0.3) is 10.8 Å². The summed E-state index contributed by atoms with van der Waals surface area (Å²) in [7, 11) is 2.09. The number of hydrogen-bond donors (Lipinski definition) is 2. The van der Waals surface area contributed by atoms with Gasteiger partial charge in [0.15, 0.2) is 5.11 Å². The topological polar surface area (TPSA) is 40.2 Å². The van der Waals surface area contributed by atoms with Crippen molar-refractivity contribution >= 4 is 28.1 Å². The molecule has 0 unspecified atom stereocenters. The van der Waals surface area contributed by atoms with Gasteiger partial charge in [-0.2, -0.15) is 0 Å². The molecule has 0 amide bonds. The van der Waals surface area contributed by atoms with Crippen molar-refractivity contribution in [2.45, 2.75) is 51.1 Å². The normalized spacial score (nSPS) is 16.8. The first kappa shape index (κ1) is 17.1. The van der Waals surface area contributed by atoms with Crippen molar-refractivity contribution in [3.05, 3.63) is 42.2 Å². The van der Waals surface area contributed by atoms with Crippen LogP contribution in [0, 0.1) is 0 Å². The average molecular weight is 343 g/mol. The minimum Gasteiger partial charge on any atom is -0.348 e. The maximum atomic E-state index is 5.53. The quantitative estimate of drug-likeness (QED) is 0.650. The molecule has 1 aromatic carbocycles. The Morgan fingerprint density at radius 1 is 1.21 bits per heavy atom. The second-order valence-electron chi connectivity index (χ2n) is 6.66. The molecule has 128 valence electrons. The van der Waals surface area contributed by atoms with E-state index in [9.17, 15) is 0 Å². The summed E-state index contributed by atoms with van der Waals surface area (Å²) in [5.74, 6) is 0. The summed E-state index contributed by atoms with van der Waals surface area (Å²) in [6.07, 6.45) is 8.37. The van der Waals surface area contributed by atoms with Crippen LogP contribution in [-0.4, -0.2) is 28.1 Å². The van der Waals surface area contributed by atoms with E-state index in [2.05, 4.69) is 59.0 Å². The number of nitrogens with one attached hydrogen (secondary N) is 2. The summed E-state index contributed by atoms with van der Waals surface area (Å²) < 4.78 is 0. The van der Waals surface area contributed by atoms with E-state index in [0.717, 1.165) is 16.2 Å². The molecule has 0 saturated heterocycles. The fourth-order valence-corrected chi connectivity index (χ4v) is 3.51. The number of pyridine rings is 1. The number of hydrazine groups is 1. The molecule has 0 bridgehead atoms. The molecule has 5 heteroatoms. The highest BCUT2D eigenvalue weighted by molar-refractivity contribution is 7.80. The summed E-state index contributed by atoms with van der Waals surface area (Å²) in [6, 6.07) is 11.0. The van der Waals surface area contributed by atoms with Crippen LogP contribution >= 0.6 is 12.2 Å². The van der Waals surface area contributed by atoms with Gasteiger partial charge in [-0.3, -0.25) is 10.4 Å². The van der Waals surface area contributed by atoms with E-state index in [1.54, 1.807) is 0 Å². The number of thiocarbonyl (C=S) groups is 1. The monoisotopic (exact) mass is 342 g/mol. The summed E-state index contributed by atoms with van der Waals surface area (Å²) in [4.78, 5) is 6.76. The Morgan fingerprint density at radius 2 is 1.92 bits per heavy atom. The van der Waals surface area contributed by atoms with Crippen LogP contribution in [0.3, 0.4) is 0 Å². The number of rotatable bonds is 4. The third-order valence-electron chi connectivity index (χ3n) is 4.93. The van der Waals surface area contributed by atoms with Crippen LogP contribution < -0.4 is 10.9 Å². The Balaban J connectivity index is 1.57. The molecule has 1 fully saturated rings. The van der Waals surface area contributed by atoms with Gasteiger partial charge >= 0.3 is 0 Å². The zero-order valence-corrected chi connectivity index (χ0v) is 15.3. The first-order chi connectivity index (χ1) is 11.6. The van der Waals surface area contributed by atoms with Crippen LogP contribution in [0.2, 0.25) is 0 Å². The fourth-order valence-electron chi connectivity index (χ4n) is 3.30. The van der Waals surface area contributed by atoms with Gasteiger partial charge in [-0.15, -0.1) is 0 Å². The first-order valence-electron chi connectivity index (χ1n) is 8.78. The smallest absolute Gasteiger partial charge is 0.183 e. The fraction of sp³-hybridized carbons (Fsp3) is 0.474. The number of benzene rings is 1. The van der Waals surface area contributed by atoms with Crippen LogP contribution in [0.15, 0.2) is 36.5 Å². The van der Waals surface area contributed by atoms with Crippen molar-refractivity contribution < 1.29 is 0 Å². The lowest BCUT2D eigenvalue weighted by atomic mass is 9.95. The highest BCUT2D eigenvalue weighted by Crippen LogP contribution is 2.21. The largest absolute Gasteiger partial charge is 0.348 e. The van der Waals surface area contributed by atoms with Gasteiger partial charge in [0.1, 0.15) is 0 Å². The molecule has 4 nitrogen and oxygen atoms in total. The molecule has 2 N–H and O–H groups in total. The van der Waals surface area contributed by atoms with Crippen molar-refractivity contribution in [1.29, 1.82) is 0 Å². The third kappa shape index (κ3) is 4.02. The standard InChI is InChI=1S/C19H26N4S/c1-14(18-12-15-8-6-7-9-16(15)13-20-18)21-22-19(24)23(2)17-10-4-3-5-11-17/h6-9,12-14,17,21H,3-5,10-11H2,1-2H3,(H,22,24)/t14-/m0/s1. The van der Waals surface area contributed by atoms with Gasteiger partial charge in [-0.05, 0) is 43.4 Å². The predicted octanol–water partition coefficient (Wildman–Crippen LogP) is 3.94. The molecule has 1 aromatic heterocycles. The Morgan fingerprint density at radius 3 is 2.67 bits per heavy atom. The zero-order chi connectivity index (χ0) is 16.9. The number of hydrogen-bond acceptors (Lipinski definition) is 3. The molecule has 3 rings (SSSR count). The highest BCUT2D eigenvalue weighted by Gasteiger charge is 2.20. The summed E-state index contributed by atoms with van der Waals surface area (Å²) in [5.41, 5.74) is 7.49. The van der Waals surface area contributed by atoms with Gasteiger partial charge in [0, 0.05) is 24.7 Å². The lowest BCUT2D eigenvalue weighted by Gasteiger charge is -2.33. The zero-order valence-electron chi connectivity index (χ0n) is 14.5. The van der Waals surface area contributed by atoms with E-state index in [0.29, 0.717) is 6.04 Å². The van der Waals surface area contributed by atoms with Gasteiger partial charge in [-0.25, -0.2) is 5.43 Å². The maximum absolute atomic E-state index is 5.53. The Labute approximate surface area is 149 Å². The van der Waals surface area contributed by atoms with Gasteiger partial charge in [0.2, 0.25) is 0 Å². The third-order valence-corrected chi connectivity index (χ3v) is 5.32. The number of aromatic nitrogens is 1. The molecule has 2 aromatic rings. The molecule has 1 aliphatic rings. The second kappa shape index (κ2) is 7.90. The van der Waals surface area contributed by atoms with Crippen LogP contribution in [-0.2, 0) is 0 Å². The van der Waals surface area contributed by atoms with Crippen molar-refractivity contribution in [3.8, 4) is 0 Å². The second-order valence-corrected chi connectivity index (χ2v) is 7.04. The van der Waals surface area contributed by atoms with E-state index in [1.165, 1.54) is 37.5 Å². The SMILES string of the molecule is C[C@H](NNC(=S)N(C)C1CCCCC1)c1cc2ccccc2cn1. The predicted molar refractivity (Wildman–Crippen MR) is 104 cm³/mol. The molecule has 24 heavy (non-hydrogen) atoms. The Hall–Kier alpha value is -1.72.